The number of nitrogens with two attached hydrogens (primary N) is 1. The molecule has 0 bridgehead atoms. The summed E-state index contributed by atoms with van der Waals surface area (Å²) in [4.78, 5) is 0. The maximum absolute atomic E-state index is 6.05. The minimum atomic E-state index is 0.801. The van der Waals surface area contributed by atoms with Gasteiger partial charge in [0.15, 0.2) is 0 Å². The Kier molecular flexibility index (Phi) is 3.56. The second kappa shape index (κ2) is 5.13. The number of hydrogen-bond acceptors (Lipinski definition) is 2. The number of nitrogen functional groups attached to an aromatic ring is 1. The Labute approximate surface area is 109 Å². The Morgan fingerprint density at radius 3 is 2.44 bits per heavy atom. The number of rotatable bonds is 3. The zero-order chi connectivity index (χ0) is 13.1. The summed E-state index contributed by atoms with van der Waals surface area (Å²) < 4.78 is 0. The van der Waals surface area contributed by atoms with E-state index in [1.54, 1.807) is 0 Å². The molecule has 0 heterocycles. The molecule has 18 heavy (non-hydrogen) atoms. The molecule has 0 saturated carbocycles. The third-order valence-electron chi connectivity index (χ3n) is 3.06. The molecule has 3 N–H and O–H groups in total. The molecule has 94 valence electrons. The van der Waals surface area contributed by atoms with Crippen molar-refractivity contribution >= 4 is 11.4 Å². The fraction of sp³-hybridized carbons (Fsp3) is 0.250. The molecule has 0 amide bonds. The quantitative estimate of drug-likeness (QED) is 0.801. The molecule has 0 aliphatic carbocycles. The Bertz CT molecular complexity index is 536. The first-order chi connectivity index (χ1) is 8.56. The lowest BCUT2D eigenvalue weighted by atomic mass is 10.1. The van der Waals surface area contributed by atoms with Crippen LogP contribution in [0, 0.1) is 20.8 Å². The van der Waals surface area contributed by atoms with Crippen molar-refractivity contribution in [2.45, 2.75) is 27.3 Å². The lowest BCUT2D eigenvalue weighted by Crippen LogP contribution is -2.04. The minimum absolute atomic E-state index is 0.801. The van der Waals surface area contributed by atoms with Crippen LogP contribution in [0.3, 0.4) is 0 Å². The van der Waals surface area contributed by atoms with Crippen LogP contribution in [0.15, 0.2) is 36.4 Å². The highest BCUT2D eigenvalue weighted by molar-refractivity contribution is 5.71. The molecule has 0 aliphatic heterocycles. The van der Waals surface area contributed by atoms with Crippen LogP contribution in [-0.4, -0.2) is 0 Å². The maximum Gasteiger partial charge on any atom is 0.0606 e. The second-order valence-corrected chi connectivity index (χ2v) is 4.89. The zero-order valence-corrected chi connectivity index (χ0v) is 11.2. The normalized spacial score (nSPS) is 10.4. The largest absolute Gasteiger partial charge is 0.397 e. The fourth-order valence-corrected chi connectivity index (χ4v) is 2.25. The molecule has 0 radical (unpaired) electrons. The van der Waals surface area contributed by atoms with E-state index in [2.05, 4.69) is 56.4 Å². The number of aryl methyl sites for hydroxylation is 3. The van der Waals surface area contributed by atoms with Gasteiger partial charge >= 0.3 is 0 Å². The highest BCUT2D eigenvalue weighted by Gasteiger charge is 2.04. The first-order valence-electron chi connectivity index (χ1n) is 6.22. The van der Waals surface area contributed by atoms with Gasteiger partial charge in [-0.2, -0.15) is 0 Å². The Morgan fingerprint density at radius 2 is 1.78 bits per heavy atom. The molecule has 0 spiro atoms. The maximum atomic E-state index is 6.05. The third kappa shape index (κ3) is 2.83. The SMILES string of the molecule is Cc1cccc(CNc2c(C)cc(C)cc2N)c1. The van der Waals surface area contributed by atoms with Gasteiger partial charge < -0.3 is 11.1 Å². The van der Waals surface area contributed by atoms with Crippen LogP contribution in [0.4, 0.5) is 11.4 Å². The number of anilines is 2. The molecule has 2 heteroatoms. The lowest BCUT2D eigenvalue weighted by Gasteiger charge is -2.13. The average Bonchev–Trinajstić information content (AvgIpc) is 2.27. The molecule has 0 saturated heterocycles. The molecule has 0 aliphatic rings. The van der Waals surface area contributed by atoms with Gasteiger partial charge in [0.05, 0.1) is 11.4 Å². The van der Waals surface area contributed by atoms with E-state index in [0.29, 0.717) is 0 Å². The van der Waals surface area contributed by atoms with Crippen molar-refractivity contribution in [3.05, 3.63) is 58.7 Å². The summed E-state index contributed by atoms with van der Waals surface area (Å²) >= 11 is 0. The van der Waals surface area contributed by atoms with Crippen LogP contribution in [0.25, 0.3) is 0 Å². The first kappa shape index (κ1) is 12.5. The predicted molar refractivity (Wildman–Crippen MR) is 78.8 cm³/mol. The van der Waals surface area contributed by atoms with Gasteiger partial charge in [0.2, 0.25) is 0 Å². The van der Waals surface area contributed by atoms with E-state index in [1.807, 2.05) is 6.07 Å². The van der Waals surface area contributed by atoms with Gasteiger partial charge in [-0.3, -0.25) is 0 Å². The molecular weight excluding hydrogens is 220 g/mol. The summed E-state index contributed by atoms with van der Waals surface area (Å²) in [6, 6.07) is 12.7. The van der Waals surface area contributed by atoms with Crippen molar-refractivity contribution in [2.75, 3.05) is 11.1 Å². The number of hydrogen-bond donors (Lipinski definition) is 2. The van der Waals surface area contributed by atoms with E-state index in [9.17, 15) is 0 Å². The van der Waals surface area contributed by atoms with Crippen molar-refractivity contribution in [1.29, 1.82) is 0 Å². The minimum Gasteiger partial charge on any atom is -0.397 e. The van der Waals surface area contributed by atoms with Crippen LogP contribution >= 0.6 is 0 Å². The Balaban J connectivity index is 2.16. The molecular formula is C16H20N2. The Morgan fingerprint density at radius 1 is 1.00 bits per heavy atom. The van der Waals surface area contributed by atoms with Gasteiger partial charge in [0, 0.05) is 6.54 Å². The van der Waals surface area contributed by atoms with Gasteiger partial charge in [0.1, 0.15) is 0 Å². The summed E-state index contributed by atoms with van der Waals surface area (Å²) in [6.45, 7) is 7.06. The smallest absolute Gasteiger partial charge is 0.0606 e. The van der Waals surface area contributed by atoms with E-state index in [4.69, 9.17) is 5.73 Å². The van der Waals surface area contributed by atoms with Gasteiger partial charge in [-0.05, 0) is 43.5 Å². The number of benzene rings is 2. The summed E-state index contributed by atoms with van der Waals surface area (Å²) in [5, 5.41) is 3.43. The molecule has 2 rings (SSSR count). The molecule has 0 unspecified atom stereocenters. The van der Waals surface area contributed by atoms with E-state index >= 15 is 0 Å². The van der Waals surface area contributed by atoms with Crippen molar-refractivity contribution in [2.24, 2.45) is 0 Å². The standard InChI is InChI=1S/C16H20N2/c1-11-5-4-6-14(8-11)10-18-16-13(3)7-12(2)9-15(16)17/h4-9,18H,10,17H2,1-3H3. The number of nitrogens with one attached hydrogen (secondary N) is 1. The summed E-state index contributed by atoms with van der Waals surface area (Å²) in [6.07, 6.45) is 0. The lowest BCUT2D eigenvalue weighted by molar-refractivity contribution is 1.13. The average molecular weight is 240 g/mol. The van der Waals surface area contributed by atoms with Crippen molar-refractivity contribution in [3.8, 4) is 0 Å². The van der Waals surface area contributed by atoms with Crippen LogP contribution in [0.2, 0.25) is 0 Å². The van der Waals surface area contributed by atoms with Gasteiger partial charge in [-0.15, -0.1) is 0 Å². The molecule has 0 atom stereocenters. The van der Waals surface area contributed by atoms with Crippen molar-refractivity contribution in [3.63, 3.8) is 0 Å². The monoisotopic (exact) mass is 240 g/mol. The van der Waals surface area contributed by atoms with Crippen molar-refractivity contribution < 1.29 is 0 Å². The topological polar surface area (TPSA) is 38.0 Å². The van der Waals surface area contributed by atoms with Crippen LogP contribution in [-0.2, 0) is 6.54 Å². The molecule has 2 nitrogen and oxygen atoms in total. The van der Waals surface area contributed by atoms with Crippen LogP contribution in [0.1, 0.15) is 22.3 Å². The molecule has 0 fully saturated rings. The van der Waals surface area contributed by atoms with Gasteiger partial charge in [-0.25, -0.2) is 0 Å². The highest BCUT2D eigenvalue weighted by Crippen LogP contribution is 2.25. The van der Waals surface area contributed by atoms with E-state index < -0.39 is 0 Å². The predicted octanol–water partition coefficient (Wildman–Crippen LogP) is 3.81. The molecule has 2 aromatic carbocycles. The zero-order valence-electron chi connectivity index (χ0n) is 11.2. The summed E-state index contributed by atoms with van der Waals surface area (Å²) in [5.74, 6) is 0. The van der Waals surface area contributed by atoms with Crippen LogP contribution in [0.5, 0.6) is 0 Å². The summed E-state index contributed by atoms with van der Waals surface area (Å²) in [7, 11) is 0. The van der Waals surface area contributed by atoms with Crippen molar-refractivity contribution in [1.82, 2.24) is 0 Å². The van der Waals surface area contributed by atoms with E-state index in [0.717, 1.165) is 17.9 Å². The van der Waals surface area contributed by atoms with E-state index in [1.165, 1.54) is 22.3 Å². The molecule has 0 aromatic heterocycles. The molecule has 2 aromatic rings. The third-order valence-corrected chi connectivity index (χ3v) is 3.06. The van der Waals surface area contributed by atoms with E-state index in [-0.39, 0.29) is 0 Å². The Hall–Kier alpha value is -1.96. The van der Waals surface area contributed by atoms with Gasteiger partial charge in [-0.1, -0.05) is 35.9 Å². The fourth-order valence-electron chi connectivity index (χ4n) is 2.25. The first-order valence-corrected chi connectivity index (χ1v) is 6.22. The van der Waals surface area contributed by atoms with Gasteiger partial charge in [0.25, 0.3) is 0 Å². The summed E-state index contributed by atoms with van der Waals surface area (Å²) in [5.41, 5.74) is 12.9. The highest BCUT2D eigenvalue weighted by atomic mass is 14.9. The second-order valence-electron chi connectivity index (χ2n) is 4.89. The van der Waals surface area contributed by atoms with Crippen LogP contribution < -0.4 is 11.1 Å².